The Morgan fingerprint density at radius 3 is 2.56 bits per heavy atom. The molecule has 9 heteroatoms. The van der Waals surface area contributed by atoms with Crippen LogP contribution in [0.25, 0.3) is 16.0 Å². The zero-order chi connectivity index (χ0) is 25.0. The number of thiazole rings is 1. The highest BCUT2D eigenvalue weighted by atomic mass is 127. The molecule has 6 rings (SSSR count). The van der Waals surface area contributed by atoms with Crippen molar-refractivity contribution < 1.29 is 24.2 Å². The molecule has 1 saturated heterocycles. The largest absolute Gasteiger partial charge is 0.507 e. The number of carbonyl (C=O) groups is 2. The fourth-order valence-corrected chi connectivity index (χ4v) is 5.91. The third kappa shape index (κ3) is 3.82. The van der Waals surface area contributed by atoms with Gasteiger partial charge in [0.1, 0.15) is 19.0 Å². The van der Waals surface area contributed by atoms with Crippen LogP contribution in [0.4, 0.5) is 5.13 Å². The van der Waals surface area contributed by atoms with Crippen molar-refractivity contribution >= 4 is 66.7 Å². The van der Waals surface area contributed by atoms with Gasteiger partial charge in [-0.05, 0) is 83.1 Å². The van der Waals surface area contributed by atoms with Crippen molar-refractivity contribution in [3.63, 3.8) is 0 Å². The molecule has 0 aliphatic carbocycles. The van der Waals surface area contributed by atoms with Crippen LogP contribution in [0, 0.1) is 10.5 Å². The van der Waals surface area contributed by atoms with Gasteiger partial charge < -0.3 is 14.6 Å². The predicted molar refractivity (Wildman–Crippen MR) is 146 cm³/mol. The summed E-state index contributed by atoms with van der Waals surface area (Å²) in [7, 11) is 0. The summed E-state index contributed by atoms with van der Waals surface area (Å²) < 4.78 is 13.2. The maximum absolute atomic E-state index is 13.4. The van der Waals surface area contributed by atoms with Gasteiger partial charge >= 0.3 is 5.91 Å². The zero-order valence-corrected chi connectivity index (χ0v) is 22.0. The number of halogens is 1. The lowest BCUT2D eigenvalue weighted by Gasteiger charge is -2.23. The Kier molecular flexibility index (Phi) is 5.68. The van der Waals surface area contributed by atoms with Gasteiger partial charge in [-0.1, -0.05) is 29.5 Å². The molecular formula is C27H19IN2O5S. The fraction of sp³-hybridized carbons (Fsp3) is 0.148. The van der Waals surface area contributed by atoms with Gasteiger partial charge in [-0.3, -0.25) is 14.5 Å². The minimum atomic E-state index is -0.836. The summed E-state index contributed by atoms with van der Waals surface area (Å²) in [5.41, 5.74) is 2.90. The second kappa shape index (κ2) is 8.90. The van der Waals surface area contributed by atoms with Gasteiger partial charge in [-0.2, -0.15) is 0 Å². The molecular weight excluding hydrogens is 591 g/mol. The normalized spacial score (nSPS) is 18.7. The topological polar surface area (TPSA) is 89.0 Å². The van der Waals surface area contributed by atoms with E-state index in [1.165, 1.54) is 16.2 Å². The highest BCUT2D eigenvalue weighted by Crippen LogP contribution is 2.45. The first kappa shape index (κ1) is 23.0. The standard InChI is InChI=1S/C27H19IN2O5S/c1-14-2-8-18-21(12-14)36-27(29-18)30-23(15-3-6-17(28)7-4-15)22(25(32)26(30)33)24(31)16-5-9-19-20(13-16)35-11-10-34-19/h2-9,12-13,23,31H,10-11H2,1H3/b24-22+. The number of benzene rings is 3. The van der Waals surface area contributed by atoms with Crippen LogP contribution in [0.1, 0.15) is 22.7 Å². The average molecular weight is 610 g/mol. The van der Waals surface area contributed by atoms with Gasteiger partial charge in [0.15, 0.2) is 16.6 Å². The number of Topliss-reactive ketones (excluding diaryl/α,β-unsaturated/α-hetero) is 1. The molecule has 0 saturated carbocycles. The van der Waals surface area contributed by atoms with Crippen molar-refractivity contribution in [2.45, 2.75) is 13.0 Å². The average Bonchev–Trinajstić information content (AvgIpc) is 3.41. The van der Waals surface area contributed by atoms with Gasteiger partial charge in [0.05, 0.1) is 21.8 Å². The summed E-state index contributed by atoms with van der Waals surface area (Å²) in [5, 5.41) is 11.8. The molecule has 1 fully saturated rings. The molecule has 1 aromatic heterocycles. The molecule has 0 spiro atoms. The van der Waals surface area contributed by atoms with Crippen LogP contribution in [0.2, 0.25) is 0 Å². The Morgan fingerprint density at radius 2 is 1.78 bits per heavy atom. The number of amides is 1. The van der Waals surface area contributed by atoms with E-state index in [0.29, 0.717) is 41.0 Å². The highest BCUT2D eigenvalue weighted by Gasteiger charge is 2.48. The van der Waals surface area contributed by atoms with Crippen molar-refractivity contribution in [1.82, 2.24) is 4.98 Å². The van der Waals surface area contributed by atoms with Crippen LogP contribution in [0.15, 0.2) is 66.2 Å². The lowest BCUT2D eigenvalue weighted by molar-refractivity contribution is -0.132. The van der Waals surface area contributed by atoms with E-state index >= 15 is 0 Å². The summed E-state index contributed by atoms with van der Waals surface area (Å²) in [4.78, 5) is 32.9. The number of aliphatic hydroxyl groups excluding tert-OH is 1. The second-order valence-corrected chi connectivity index (χ2v) is 10.8. The first-order valence-electron chi connectivity index (χ1n) is 11.2. The second-order valence-electron chi connectivity index (χ2n) is 8.55. The van der Waals surface area contributed by atoms with Crippen molar-refractivity contribution in [2.24, 2.45) is 0 Å². The van der Waals surface area contributed by atoms with Crippen molar-refractivity contribution in [1.29, 1.82) is 0 Å². The number of ketones is 1. The molecule has 180 valence electrons. The first-order chi connectivity index (χ1) is 17.4. The fourth-order valence-electron chi connectivity index (χ4n) is 4.46. The third-order valence-electron chi connectivity index (χ3n) is 6.18. The van der Waals surface area contributed by atoms with Gasteiger partial charge in [0.2, 0.25) is 0 Å². The molecule has 7 nitrogen and oxygen atoms in total. The van der Waals surface area contributed by atoms with Crippen LogP contribution < -0.4 is 14.4 Å². The van der Waals surface area contributed by atoms with Crippen molar-refractivity contribution in [3.8, 4) is 11.5 Å². The quantitative estimate of drug-likeness (QED) is 0.141. The van der Waals surface area contributed by atoms with E-state index in [4.69, 9.17) is 9.47 Å². The summed E-state index contributed by atoms with van der Waals surface area (Å²) in [6.45, 7) is 2.82. The van der Waals surface area contributed by atoms with E-state index < -0.39 is 17.7 Å². The van der Waals surface area contributed by atoms with E-state index in [-0.39, 0.29) is 11.3 Å². The Balaban J connectivity index is 1.54. The SMILES string of the molecule is Cc1ccc2nc(N3C(=O)C(=O)/C(=C(/O)c4ccc5c(c4)OCCO5)C3c3ccc(I)cc3)sc2c1. The monoisotopic (exact) mass is 610 g/mol. The Labute approximate surface area is 224 Å². The van der Waals surface area contributed by atoms with Crippen LogP contribution in [-0.4, -0.2) is 35.0 Å². The number of aliphatic hydroxyl groups is 1. The maximum atomic E-state index is 13.4. The summed E-state index contributed by atoms with van der Waals surface area (Å²) >= 11 is 3.54. The predicted octanol–water partition coefficient (Wildman–Crippen LogP) is 5.61. The lowest BCUT2D eigenvalue weighted by Crippen LogP contribution is -2.29. The van der Waals surface area contributed by atoms with Crippen molar-refractivity contribution in [2.75, 3.05) is 18.1 Å². The summed E-state index contributed by atoms with van der Waals surface area (Å²) in [6, 6.07) is 17.5. The van der Waals surface area contributed by atoms with E-state index in [2.05, 4.69) is 27.6 Å². The number of anilines is 1. The van der Waals surface area contributed by atoms with Gasteiger partial charge in [-0.25, -0.2) is 4.98 Å². The minimum Gasteiger partial charge on any atom is -0.507 e. The van der Waals surface area contributed by atoms with Crippen LogP contribution in [-0.2, 0) is 9.59 Å². The Bertz CT molecular complexity index is 1580. The molecule has 0 radical (unpaired) electrons. The van der Waals surface area contributed by atoms with E-state index in [0.717, 1.165) is 19.4 Å². The molecule has 1 amide bonds. The van der Waals surface area contributed by atoms with E-state index in [9.17, 15) is 14.7 Å². The summed E-state index contributed by atoms with van der Waals surface area (Å²) in [6.07, 6.45) is 0. The molecule has 3 heterocycles. The Hall–Kier alpha value is -3.44. The number of fused-ring (bicyclic) bond motifs is 2. The molecule has 1 unspecified atom stereocenters. The molecule has 3 aromatic carbocycles. The molecule has 2 aliphatic rings. The number of carbonyl (C=O) groups excluding carboxylic acids is 2. The lowest BCUT2D eigenvalue weighted by atomic mass is 9.95. The highest BCUT2D eigenvalue weighted by molar-refractivity contribution is 14.1. The third-order valence-corrected chi connectivity index (χ3v) is 7.92. The number of nitrogens with zero attached hydrogens (tertiary/aromatic N) is 2. The number of rotatable bonds is 3. The minimum absolute atomic E-state index is 0.00771. The van der Waals surface area contributed by atoms with Crippen LogP contribution >= 0.6 is 33.9 Å². The van der Waals surface area contributed by atoms with E-state index in [1.54, 1.807) is 18.2 Å². The van der Waals surface area contributed by atoms with Crippen LogP contribution in [0.3, 0.4) is 0 Å². The number of aromatic nitrogens is 1. The molecule has 0 bridgehead atoms. The maximum Gasteiger partial charge on any atom is 0.301 e. The summed E-state index contributed by atoms with van der Waals surface area (Å²) in [5.74, 6) is -0.716. The molecule has 4 aromatic rings. The molecule has 1 atom stereocenters. The number of hydrogen-bond acceptors (Lipinski definition) is 7. The zero-order valence-electron chi connectivity index (χ0n) is 19.0. The van der Waals surface area contributed by atoms with Gasteiger partial charge in [0.25, 0.3) is 5.78 Å². The van der Waals surface area contributed by atoms with Gasteiger partial charge in [0, 0.05) is 9.13 Å². The molecule has 36 heavy (non-hydrogen) atoms. The molecule has 2 aliphatic heterocycles. The number of aryl methyl sites for hydroxylation is 1. The number of ether oxygens (including phenoxy) is 2. The Morgan fingerprint density at radius 1 is 1.03 bits per heavy atom. The first-order valence-corrected chi connectivity index (χ1v) is 13.1. The van der Waals surface area contributed by atoms with Crippen molar-refractivity contribution in [3.05, 3.63) is 86.5 Å². The van der Waals surface area contributed by atoms with Crippen LogP contribution in [0.5, 0.6) is 11.5 Å². The van der Waals surface area contributed by atoms with E-state index in [1.807, 2.05) is 49.4 Å². The van der Waals surface area contributed by atoms with Gasteiger partial charge in [-0.15, -0.1) is 0 Å². The number of hydrogen-bond donors (Lipinski definition) is 1. The smallest absolute Gasteiger partial charge is 0.301 e. The molecule has 1 N–H and O–H groups in total.